The van der Waals surface area contributed by atoms with Gasteiger partial charge in [0.1, 0.15) is 5.84 Å². The molecule has 2 aliphatic heterocycles. The number of carbonyl (C=O) groups is 1. The second-order valence-corrected chi connectivity index (χ2v) is 4.06. The van der Waals surface area contributed by atoms with Crippen LogP contribution < -0.4 is 0 Å². The molecule has 0 spiro atoms. The minimum Gasteiger partial charge on any atom is -0.274 e. The lowest BCUT2D eigenvalue weighted by Crippen LogP contribution is -2.41. The Kier molecular flexibility index (Phi) is 2.17. The van der Waals surface area contributed by atoms with E-state index in [1.807, 2.05) is 6.92 Å². The summed E-state index contributed by atoms with van der Waals surface area (Å²) in [6, 6.07) is 0.243. The molecule has 1 amide bonds. The van der Waals surface area contributed by atoms with E-state index in [0.717, 1.165) is 18.7 Å². The SMILES string of the molecule is CC1=N[C@@H](C)C(C)=C2CCCC(=O)N12. The van der Waals surface area contributed by atoms with Gasteiger partial charge < -0.3 is 0 Å². The topological polar surface area (TPSA) is 32.7 Å². The summed E-state index contributed by atoms with van der Waals surface area (Å²) in [5.41, 5.74) is 2.45. The van der Waals surface area contributed by atoms with E-state index in [4.69, 9.17) is 0 Å². The Morgan fingerprint density at radius 3 is 2.79 bits per heavy atom. The summed E-state index contributed by atoms with van der Waals surface area (Å²) in [7, 11) is 0. The lowest BCUT2D eigenvalue weighted by atomic mass is 9.97. The fraction of sp³-hybridized carbons (Fsp3) is 0.636. The van der Waals surface area contributed by atoms with Crippen LogP contribution in [0.25, 0.3) is 0 Å². The molecule has 1 saturated heterocycles. The van der Waals surface area contributed by atoms with Crippen molar-refractivity contribution in [2.75, 3.05) is 0 Å². The number of amides is 1. The molecule has 1 atom stereocenters. The van der Waals surface area contributed by atoms with Crippen LogP contribution in [-0.4, -0.2) is 22.7 Å². The van der Waals surface area contributed by atoms with E-state index >= 15 is 0 Å². The van der Waals surface area contributed by atoms with E-state index in [0.29, 0.717) is 6.42 Å². The molecule has 2 rings (SSSR count). The van der Waals surface area contributed by atoms with E-state index in [2.05, 4.69) is 18.8 Å². The van der Waals surface area contributed by atoms with Crippen molar-refractivity contribution in [3.05, 3.63) is 11.3 Å². The largest absolute Gasteiger partial charge is 0.274 e. The normalized spacial score (nSPS) is 27.6. The number of hydrogen-bond donors (Lipinski definition) is 0. The van der Waals surface area contributed by atoms with Crippen LogP contribution in [0.15, 0.2) is 16.3 Å². The molecule has 0 unspecified atom stereocenters. The lowest BCUT2D eigenvalue weighted by molar-refractivity contribution is -0.127. The van der Waals surface area contributed by atoms with Gasteiger partial charge in [-0.05, 0) is 39.2 Å². The van der Waals surface area contributed by atoms with Crippen LogP contribution in [0.1, 0.15) is 40.0 Å². The van der Waals surface area contributed by atoms with Crippen LogP contribution in [0.3, 0.4) is 0 Å². The molecule has 0 aromatic rings. The van der Waals surface area contributed by atoms with Crippen molar-refractivity contribution >= 4 is 11.7 Å². The maximum atomic E-state index is 11.7. The summed E-state index contributed by atoms with van der Waals surface area (Å²) < 4.78 is 0. The van der Waals surface area contributed by atoms with Gasteiger partial charge in [0.05, 0.1) is 6.04 Å². The number of amidine groups is 1. The number of piperidine rings is 1. The first-order valence-electron chi connectivity index (χ1n) is 5.18. The number of hydrogen-bond acceptors (Lipinski definition) is 2. The van der Waals surface area contributed by atoms with Gasteiger partial charge in [-0.25, -0.2) is 0 Å². The molecule has 2 aliphatic rings. The van der Waals surface area contributed by atoms with Gasteiger partial charge in [-0.3, -0.25) is 14.7 Å². The van der Waals surface area contributed by atoms with E-state index in [1.165, 1.54) is 11.3 Å². The van der Waals surface area contributed by atoms with Crippen LogP contribution in [-0.2, 0) is 4.79 Å². The first-order chi connectivity index (χ1) is 6.61. The Labute approximate surface area is 84.5 Å². The lowest BCUT2D eigenvalue weighted by Gasteiger charge is -2.35. The predicted octanol–water partition coefficient (Wildman–Crippen LogP) is 2.09. The number of aliphatic imine (C=N–C) groups is 1. The van der Waals surface area contributed by atoms with Crippen LogP contribution in [0.2, 0.25) is 0 Å². The zero-order valence-corrected chi connectivity index (χ0v) is 9.00. The standard InChI is InChI=1S/C11H16N2O/c1-7-8(2)12-9(3)13-10(7)5-4-6-11(13)14/h8H,4-6H2,1-3H3/t8-/m0/s1. The maximum absolute atomic E-state index is 11.7. The third-order valence-corrected chi connectivity index (χ3v) is 3.11. The monoisotopic (exact) mass is 192 g/mol. The van der Waals surface area contributed by atoms with Crippen molar-refractivity contribution in [1.82, 2.24) is 4.90 Å². The molecule has 0 aromatic heterocycles. The minimum atomic E-state index is 0.207. The minimum absolute atomic E-state index is 0.207. The summed E-state index contributed by atoms with van der Waals surface area (Å²) in [4.78, 5) is 18.0. The van der Waals surface area contributed by atoms with Crippen LogP contribution in [0, 0.1) is 0 Å². The number of rotatable bonds is 0. The molecule has 14 heavy (non-hydrogen) atoms. The predicted molar refractivity (Wildman–Crippen MR) is 56.0 cm³/mol. The van der Waals surface area contributed by atoms with Gasteiger partial charge in [-0.15, -0.1) is 0 Å². The average Bonchev–Trinajstić information content (AvgIpc) is 2.14. The van der Waals surface area contributed by atoms with Gasteiger partial charge in [0.25, 0.3) is 0 Å². The number of fused-ring (bicyclic) bond motifs is 1. The van der Waals surface area contributed by atoms with Crippen molar-refractivity contribution in [3.63, 3.8) is 0 Å². The third kappa shape index (κ3) is 1.27. The van der Waals surface area contributed by atoms with Gasteiger partial charge in [0, 0.05) is 12.1 Å². The van der Waals surface area contributed by atoms with Crippen LogP contribution in [0.5, 0.6) is 0 Å². The van der Waals surface area contributed by atoms with Crippen molar-refractivity contribution in [2.45, 2.75) is 46.1 Å². The Bertz CT molecular complexity index is 341. The van der Waals surface area contributed by atoms with Crippen LogP contribution >= 0.6 is 0 Å². The van der Waals surface area contributed by atoms with Gasteiger partial charge in [-0.2, -0.15) is 0 Å². The van der Waals surface area contributed by atoms with Gasteiger partial charge >= 0.3 is 0 Å². The first-order valence-corrected chi connectivity index (χ1v) is 5.18. The third-order valence-electron chi connectivity index (χ3n) is 3.11. The van der Waals surface area contributed by atoms with E-state index in [-0.39, 0.29) is 11.9 Å². The molecule has 0 radical (unpaired) electrons. The number of nitrogens with zero attached hydrogens (tertiary/aromatic N) is 2. The zero-order valence-electron chi connectivity index (χ0n) is 9.00. The molecule has 3 heteroatoms. The molecule has 0 N–H and O–H groups in total. The fourth-order valence-corrected chi connectivity index (χ4v) is 2.21. The highest BCUT2D eigenvalue weighted by Crippen LogP contribution is 2.30. The summed E-state index contributed by atoms with van der Waals surface area (Å²) in [6.45, 7) is 6.09. The fourth-order valence-electron chi connectivity index (χ4n) is 2.21. The molecule has 0 saturated carbocycles. The average molecular weight is 192 g/mol. The summed E-state index contributed by atoms with van der Waals surface area (Å²) in [5.74, 6) is 1.07. The number of allylic oxidation sites excluding steroid dienone is 1. The Morgan fingerprint density at radius 1 is 1.36 bits per heavy atom. The highest BCUT2D eigenvalue weighted by Gasteiger charge is 2.30. The molecule has 2 heterocycles. The van der Waals surface area contributed by atoms with Crippen molar-refractivity contribution < 1.29 is 4.79 Å². The van der Waals surface area contributed by atoms with Crippen LogP contribution in [0.4, 0.5) is 0 Å². The first kappa shape index (κ1) is 9.44. The zero-order chi connectivity index (χ0) is 10.3. The summed E-state index contributed by atoms with van der Waals surface area (Å²) >= 11 is 0. The highest BCUT2D eigenvalue weighted by atomic mass is 16.2. The van der Waals surface area contributed by atoms with E-state index < -0.39 is 0 Å². The van der Waals surface area contributed by atoms with E-state index in [9.17, 15) is 4.79 Å². The molecule has 0 aromatic carbocycles. The molecule has 0 aliphatic carbocycles. The van der Waals surface area contributed by atoms with Gasteiger partial charge in [-0.1, -0.05) is 0 Å². The van der Waals surface area contributed by atoms with Crippen molar-refractivity contribution in [2.24, 2.45) is 4.99 Å². The van der Waals surface area contributed by atoms with Gasteiger partial charge in [0.2, 0.25) is 5.91 Å². The number of carbonyl (C=O) groups excluding carboxylic acids is 1. The van der Waals surface area contributed by atoms with E-state index in [1.54, 1.807) is 4.90 Å². The maximum Gasteiger partial charge on any atom is 0.232 e. The van der Waals surface area contributed by atoms with Gasteiger partial charge in [0.15, 0.2) is 0 Å². The second-order valence-electron chi connectivity index (χ2n) is 4.06. The summed E-state index contributed by atoms with van der Waals surface area (Å²) in [6.07, 6.45) is 2.68. The molecule has 0 bridgehead atoms. The smallest absolute Gasteiger partial charge is 0.232 e. The summed E-state index contributed by atoms with van der Waals surface area (Å²) in [5, 5.41) is 0. The van der Waals surface area contributed by atoms with Crippen molar-refractivity contribution in [3.8, 4) is 0 Å². The molecule has 76 valence electrons. The quantitative estimate of drug-likeness (QED) is 0.578. The molecular weight excluding hydrogens is 176 g/mol. The molecular formula is C11H16N2O. The Balaban J connectivity index is 2.43. The highest BCUT2D eigenvalue weighted by molar-refractivity contribution is 6.00. The Morgan fingerprint density at radius 2 is 2.07 bits per heavy atom. The second kappa shape index (κ2) is 3.23. The Hall–Kier alpha value is -1.12. The molecule has 1 fully saturated rings. The van der Waals surface area contributed by atoms with Crippen molar-refractivity contribution in [1.29, 1.82) is 0 Å². The molecule has 3 nitrogen and oxygen atoms in total.